The van der Waals surface area contributed by atoms with Crippen LogP contribution < -0.4 is 14.8 Å². The SMILES string of the molecule is CC(C)(C)OC(=O)NCCOc1cc(CCC(=O)O)ncc1OCc1ccccc1. The first-order chi connectivity index (χ1) is 14.2. The van der Waals surface area contributed by atoms with Crippen molar-refractivity contribution in [3.8, 4) is 11.5 Å². The van der Waals surface area contributed by atoms with Gasteiger partial charge in [-0.15, -0.1) is 0 Å². The molecule has 0 saturated carbocycles. The molecule has 0 bridgehead atoms. The molecule has 2 rings (SSSR count). The first kappa shape index (κ1) is 23.0. The molecule has 8 heteroatoms. The minimum absolute atomic E-state index is 0.0309. The zero-order valence-electron chi connectivity index (χ0n) is 17.5. The second kappa shape index (κ2) is 11.0. The molecule has 0 radical (unpaired) electrons. The van der Waals surface area contributed by atoms with E-state index in [4.69, 9.17) is 19.3 Å². The molecule has 1 heterocycles. The van der Waals surface area contributed by atoms with E-state index in [1.54, 1.807) is 26.8 Å². The van der Waals surface area contributed by atoms with E-state index < -0.39 is 17.7 Å². The summed E-state index contributed by atoms with van der Waals surface area (Å²) in [7, 11) is 0. The van der Waals surface area contributed by atoms with Crippen molar-refractivity contribution in [1.82, 2.24) is 10.3 Å². The third-order valence-corrected chi connectivity index (χ3v) is 3.75. The Kier molecular flexibility index (Phi) is 8.46. The zero-order valence-corrected chi connectivity index (χ0v) is 17.5. The van der Waals surface area contributed by atoms with Crippen molar-refractivity contribution in [2.45, 2.75) is 45.8 Å². The van der Waals surface area contributed by atoms with Crippen LogP contribution in [0, 0.1) is 0 Å². The lowest BCUT2D eigenvalue weighted by Crippen LogP contribution is -2.34. The Morgan fingerprint density at radius 3 is 2.50 bits per heavy atom. The van der Waals surface area contributed by atoms with Gasteiger partial charge in [-0.05, 0) is 26.3 Å². The fourth-order valence-corrected chi connectivity index (χ4v) is 2.42. The molecule has 30 heavy (non-hydrogen) atoms. The average Bonchev–Trinajstić information content (AvgIpc) is 2.68. The number of nitrogens with one attached hydrogen (secondary N) is 1. The second-order valence-electron chi connectivity index (χ2n) is 7.57. The minimum Gasteiger partial charge on any atom is -0.488 e. The molecule has 162 valence electrons. The van der Waals surface area contributed by atoms with E-state index in [0.29, 0.717) is 23.8 Å². The monoisotopic (exact) mass is 416 g/mol. The molecule has 0 aliphatic heterocycles. The van der Waals surface area contributed by atoms with Gasteiger partial charge in [-0.2, -0.15) is 0 Å². The first-order valence-electron chi connectivity index (χ1n) is 9.70. The van der Waals surface area contributed by atoms with Crippen LogP contribution in [0.1, 0.15) is 38.4 Å². The number of aromatic nitrogens is 1. The molecule has 1 amide bonds. The van der Waals surface area contributed by atoms with Gasteiger partial charge in [0.15, 0.2) is 11.5 Å². The number of hydrogen-bond donors (Lipinski definition) is 2. The quantitative estimate of drug-likeness (QED) is 0.570. The summed E-state index contributed by atoms with van der Waals surface area (Å²) in [6.45, 7) is 6.12. The van der Waals surface area contributed by atoms with Crippen molar-refractivity contribution in [3.05, 3.63) is 53.9 Å². The highest BCUT2D eigenvalue weighted by molar-refractivity contribution is 5.67. The first-order valence-corrected chi connectivity index (χ1v) is 9.70. The van der Waals surface area contributed by atoms with Crippen molar-refractivity contribution in [2.75, 3.05) is 13.2 Å². The molecule has 8 nitrogen and oxygen atoms in total. The molecule has 0 saturated heterocycles. The molecule has 0 aliphatic rings. The summed E-state index contributed by atoms with van der Waals surface area (Å²) >= 11 is 0. The fourth-order valence-electron chi connectivity index (χ4n) is 2.42. The summed E-state index contributed by atoms with van der Waals surface area (Å²) in [6.07, 6.45) is 1.25. The van der Waals surface area contributed by atoms with Crippen molar-refractivity contribution >= 4 is 12.1 Å². The molecule has 2 aromatic rings. The van der Waals surface area contributed by atoms with Crippen LogP contribution in [0.15, 0.2) is 42.6 Å². The van der Waals surface area contributed by atoms with Crippen molar-refractivity contribution < 1.29 is 28.9 Å². The molecule has 0 aliphatic carbocycles. The summed E-state index contributed by atoms with van der Waals surface area (Å²) in [5.74, 6) is -0.0206. The van der Waals surface area contributed by atoms with Gasteiger partial charge in [0, 0.05) is 18.2 Å². The number of benzene rings is 1. The number of pyridine rings is 1. The van der Waals surface area contributed by atoms with Crippen LogP contribution >= 0.6 is 0 Å². The molecule has 2 N–H and O–H groups in total. The number of aliphatic carboxylic acids is 1. The van der Waals surface area contributed by atoms with E-state index in [9.17, 15) is 9.59 Å². The van der Waals surface area contributed by atoms with Gasteiger partial charge in [0.25, 0.3) is 0 Å². The highest BCUT2D eigenvalue weighted by atomic mass is 16.6. The Morgan fingerprint density at radius 2 is 1.83 bits per heavy atom. The van der Waals surface area contributed by atoms with Crippen LogP contribution in [0.4, 0.5) is 4.79 Å². The summed E-state index contributed by atoms with van der Waals surface area (Å²) in [5.41, 5.74) is 0.998. The topological polar surface area (TPSA) is 107 Å². The predicted octanol–water partition coefficient (Wildman–Crippen LogP) is 3.58. The number of amides is 1. The van der Waals surface area contributed by atoms with Gasteiger partial charge in [-0.25, -0.2) is 4.79 Å². The Hall–Kier alpha value is -3.29. The molecule has 0 unspecified atom stereocenters. The second-order valence-corrected chi connectivity index (χ2v) is 7.57. The molecule has 0 atom stereocenters. The predicted molar refractivity (Wildman–Crippen MR) is 111 cm³/mol. The maximum atomic E-state index is 11.7. The van der Waals surface area contributed by atoms with Gasteiger partial charge in [0.2, 0.25) is 0 Å². The number of aryl methyl sites for hydroxylation is 1. The van der Waals surface area contributed by atoms with E-state index in [1.807, 2.05) is 30.3 Å². The van der Waals surface area contributed by atoms with Crippen LogP contribution in [0.3, 0.4) is 0 Å². The number of carboxylic acids is 1. The van der Waals surface area contributed by atoms with E-state index in [1.165, 1.54) is 6.20 Å². The number of carbonyl (C=O) groups excluding carboxylic acids is 1. The van der Waals surface area contributed by atoms with Gasteiger partial charge < -0.3 is 24.6 Å². The minimum atomic E-state index is -0.898. The molecule has 1 aromatic heterocycles. The van der Waals surface area contributed by atoms with Crippen LogP contribution in [0.25, 0.3) is 0 Å². The summed E-state index contributed by atoms with van der Waals surface area (Å²) in [5, 5.41) is 11.5. The highest BCUT2D eigenvalue weighted by Gasteiger charge is 2.16. The summed E-state index contributed by atoms with van der Waals surface area (Å²) in [4.78, 5) is 26.8. The lowest BCUT2D eigenvalue weighted by Gasteiger charge is -2.19. The lowest BCUT2D eigenvalue weighted by molar-refractivity contribution is -0.136. The largest absolute Gasteiger partial charge is 0.488 e. The molecular formula is C22H28N2O6. The Labute approximate surface area is 176 Å². The average molecular weight is 416 g/mol. The molecular weight excluding hydrogens is 388 g/mol. The number of ether oxygens (including phenoxy) is 3. The molecule has 1 aromatic carbocycles. The van der Waals surface area contributed by atoms with Gasteiger partial charge in [-0.1, -0.05) is 30.3 Å². The normalized spacial score (nSPS) is 10.9. The Morgan fingerprint density at radius 1 is 1.10 bits per heavy atom. The van der Waals surface area contributed by atoms with Gasteiger partial charge >= 0.3 is 12.1 Å². The third kappa shape index (κ3) is 8.81. The number of hydrogen-bond acceptors (Lipinski definition) is 6. The maximum absolute atomic E-state index is 11.7. The van der Waals surface area contributed by atoms with Crippen molar-refractivity contribution in [1.29, 1.82) is 0 Å². The van der Waals surface area contributed by atoms with Crippen LogP contribution in [-0.4, -0.2) is 40.9 Å². The van der Waals surface area contributed by atoms with E-state index >= 15 is 0 Å². The number of nitrogens with zero attached hydrogens (tertiary/aromatic N) is 1. The van der Waals surface area contributed by atoms with Crippen LogP contribution in [-0.2, 0) is 22.6 Å². The standard InChI is InChI=1S/C22H28N2O6/c1-22(2,3)30-21(27)23-11-12-28-18-13-17(9-10-20(25)26)24-14-19(18)29-15-16-7-5-4-6-8-16/h4-8,13-14H,9-12,15H2,1-3H3,(H,23,27)(H,25,26). The number of carboxylic acid groups (broad SMARTS) is 1. The van der Waals surface area contributed by atoms with Gasteiger partial charge in [0.05, 0.1) is 19.2 Å². The fraction of sp³-hybridized carbons (Fsp3) is 0.409. The van der Waals surface area contributed by atoms with Crippen LogP contribution in [0.5, 0.6) is 11.5 Å². The third-order valence-electron chi connectivity index (χ3n) is 3.75. The number of carbonyl (C=O) groups is 2. The van der Waals surface area contributed by atoms with Crippen molar-refractivity contribution in [2.24, 2.45) is 0 Å². The smallest absolute Gasteiger partial charge is 0.407 e. The number of alkyl carbamates (subject to hydrolysis) is 1. The Bertz CT molecular complexity index is 833. The molecule has 0 fully saturated rings. The van der Waals surface area contributed by atoms with Crippen molar-refractivity contribution in [3.63, 3.8) is 0 Å². The van der Waals surface area contributed by atoms with Crippen LogP contribution in [0.2, 0.25) is 0 Å². The summed E-state index contributed by atoms with van der Waals surface area (Å²) in [6, 6.07) is 11.3. The molecule has 0 spiro atoms. The van der Waals surface area contributed by atoms with Gasteiger partial charge in [-0.3, -0.25) is 9.78 Å². The highest BCUT2D eigenvalue weighted by Crippen LogP contribution is 2.28. The van der Waals surface area contributed by atoms with E-state index in [-0.39, 0.29) is 26.0 Å². The van der Waals surface area contributed by atoms with Gasteiger partial charge in [0.1, 0.15) is 18.8 Å². The van der Waals surface area contributed by atoms with E-state index in [0.717, 1.165) is 5.56 Å². The van der Waals surface area contributed by atoms with E-state index in [2.05, 4.69) is 10.3 Å². The lowest BCUT2D eigenvalue weighted by atomic mass is 10.2. The maximum Gasteiger partial charge on any atom is 0.407 e. The summed E-state index contributed by atoms with van der Waals surface area (Å²) < 4.78 is 16.8. The number of rotatable bonds is 10. The zero-order chi connectivity index (χ0) is 22.0. The Balaban J connectivity index is 1.98.